The maximum atomic E-state index is 13.4. The van der Waals surface area contributed by atoms with Gasteiger partial charge in [-0.05, 0) is 23.8 Å². The number of nitro benzene ring substituents is 1. The number of non-ortho nitro benzene ring substituents is 1. The Morgan fingerprint density at radius 2 is 2.05 bits per heavy atom. The van der Waals surface area contributed by atoms with Gasteiger partial charge in [0.1, 0.15) is 18.0 Å². The van der Waals surface area contributed by atoms with Crippen LogP contribution in [0.15, 0.2) is 48.8 Å². The fourth-order valence-electron chi connectivity index (χ4n) is 2.14. The standard InChI is InChI=1S/C15H11FN4O2/c16-11-4-5-14-13(7-11)15(19-9-18-14)17-8-10-2-1-3-12(6-10)20(21)22/h1-7,9H,8H2,(H,17,18,19). The molecule has 7 heteroatoms. The number of anilines is 1. The quantitative estimate of drug-likeness (QED) is 0.590. The molecule has 0 saturated heterocycles. The molecule has 0 saturated carbocycles. The van der Waals surface area contributed by atoms with Gasteiger partial charge in [-0.15, -0.1) is 0 Å². The van der Waals surface area contributed by atoms with Gasteiger partial charge in [0.2, 0.25) is 0 Å². The molecule has 1 heterocycles. The van der Waals surface area contributed by atoms with Crippen molar-refractivity contribution < 1.29 is 9.31 Å². The van der Waals surface area contributed by atoms with Crippen molar-refractivity contribution in [2.24, 2.45) is 0 Å². The van der Waals surface area contributed by atoms with E-state index >= 15 is 0 Å². The molecule has 0 unspecified atom stereocenters. The predicted octanol–water partition coefficient (Wildman–Crippen LogP) is 3.29. The monoisotopic (exact) mass is 298 g/mol. The summed E-state index contributed by atoms with van der Waals surface area (Å²) in [6, 6.07) is 10.6. The Bertz CT molecular complexity index is 854. The molecule has 1 N–H and O–H groups in total. The molecule has 0 bridgehead atoms. The summed E-state index contributed by atoms with van der Waals surface area (Å²) in [5.74, 6) is 0.108. The summed E-state index contributed by atoms with van der Waals surface area (Å²) >= 11 is 0. The Kier molecular flexibility index (Phi) is 3.61. The van der Waals surface area contributed by atoms with Gasteiger partial charge in [0.25, 0.3) is 5.69 Å². The van der Waals surface area contributed by atoms with Crippen molar-refractivity contribution in [3.63, 3.8) is 0 Å². The zero-order chi connectivity index (χ0) is 15.5. The summed E-state index contributed by atoms with van der Waals surface area (Å²) in [5, 5.41) is 14.4. The van der Waals surface area contributed by atoms with Crippen LogP contribution in [0.25, 0.3) is 10.9 Å². The van der Waals surface area contributed by atoms with E-state index < -0.39 is 4.92 Å². The van der Waals surface area contributed by atoms with Crippen LogP contribution >= 0.6 is 0 Å². The smallest absolute Gasteiger partial charge is 0.269 e. The molecule has 0 radical (unpaired) electrons. The molecule has 3 aromatic rings. The van der Waals surface area contributed by atoms with E-state index in [1.807, 2.05) is 0 Å². The Morgan fingerprint density at radius 3 is 2.86 bits per heavy atom. The normalized spacial score (nSPS) is 10.6. The first-order chi connectivity index (χ1) is 10.6. The SMILES string of the molecule is O=[N+]([O-])c1cccc(CNc2ncnc3ccc(F)cc23)c1. The molecule has 0 fully saturated rings. The molecule has 2 aromatic carbocycles. The van der Waals surface area contributed by atoms with Gasteiger partial charge in [0.15, 0.2) is 0 Å². The van der Waals surface area contributed by atoms with E-state index in [4.69, 9.17) is 0 Å². The van der Waals surface area contributed by atoms with Crippen LogP contribution in [0.4, 0.5) is 15.9 Å². The van der Waals surface area contributed by atoms with Crippen molar-refractivity contribution in [2.45, 2.75) is 6.54 Å². The predicted molar refractivity (Wildman–Crippen MR) is 79.9 cm³/mol. The number of nitro groups is 1. The minimum absolute atomic E-state index is 0.0258. The third-order valence-electron chi connectivity index (χ3n) is 3.18. The number of halogens is 1. The van der Waals surface area contributed by atoms with E-state index in [0.717, 1.165) is 5.56 Å². The minimum Gasteiger partial charge on any atom is -0.365 e. The van der Waals surface area contributed by atoms with Crippen molar-refractivity contribution in [2.75, 3.05) is 5.32 Å². The summed E-state index contributed by atoms with van der Waals surface area (Å²) in [6.45, 7) is 0.338. The number of benzene rings is 2. The van der Waals surface area contributed by atoms with Crippen LogP contribution in [-0.2, 0) is 6.54 Å². The lowest BCUT2D eigenvalue weighted by Crippen LogP contribution is -2.03. The third-order valence-corrected chi connectivity index (χ3v) is 3.18. The average molecular weight is 298 g/mol. The van der Waals surface area contributed by atoms with Crippen molar-refractivity contribution in [3.8, 4) is 0 Å². The van der Waals surface area contributed by atoms with Gasteiger partial charge in [-0.3, -0.25) is 10.1 Å². The molecular formula is C15H11FN4O2. The van der Waals surface area contributed by atoms with Crippen molar-refractivity contribution >= 4 is 22.4 Å². The van der Waals surface area contributed by atoms with Gasteiger partial charge in [-0.25, -0.2) is 14.4 Å². The highest BCUT2D eigenvalue weighted by molar-refractivity contribution is 5.88. The number of rotatable bonds is 4. The van der Waals surface area contributed by atoms with E-state index in [-0.39, 0.29) is 11.5 Å². The van der Waals surface area contributed by atoms with Crippen LogP contribution in [0.2, 0.25) is 0 Å². The summed E-state index contributed by atoms with van der Waals surface area (Å²) < 4.78 is 13.4. The van der Waals surface area contributed by atoms with Crippen molar-refractivity contribution in [3.05, 3.63) is 70.3 Å². The highest BCUT2D eigenvalue weighted by Gasteiger charge is 2.07. The molecule has 0 aliphatic heterocycles. The number of aromatic nitrogens is 2. The number of nitrogens with zero attached hydrogens (tertiary/aromatic N) is 3. The number of fused-ring (bicyclic) bond motifs is 1. The maximum Gasteiger partial charge on any atom is 0.269 e. The number of nitrogens with one attached hydrogen (secondary N) is 1. The number of hydrogen-bond acceptors (Lipinski definition) is 5. The molecule has 0 aliphatic rings. The minimum atomic E-state index is -0.445. The van der Waals surface area contributed by atoms with E-state index in [1.54, 1.807) is 18.2 Å². The second kappa shape index (κ2) is 5.72. The van der Waals surface area contributed by atoms with Gasteiger partial charge in [-0.1, -0.05) is 12.1 Å². The van der Waals surface area contributed by atoms with Crippen molar-refractivity contribution in [1.29, 1.82) is 0 Å². The maximum absolute atomic E-state index is 13.4. The Balaban J connectivity index is 1.86. The lowest BCUT2D eigenvalue weighted by atomic mass is 10.2. The fourth-order valence-corrected chi connectivity index (χ4v) is 2.14. The van der Waals surface area contributed by atoms with Crippen LogP contribution in [-0.4, -0.2) is 14.9 Å². The van der Waals surface area contributed by atoms with E-state index in [1.165, 1.54) is 30.6 Å². The Morgan fingerprint density at radius 1 is 1.18 bits per heavy atom. The second-order valence-electron chi connectivity index (χ2n) is 4.66. The molecule has 0 atom stereocenters. The molecule has 0 amide bonds. The highest BCUT2D eigenvalue weighted by atomic mass is 19.1. The third kappa shape index (κ3) is 2.83. The van der Waals surface area contributed by atoms with E-state index in [9.17, 15) is 14.5 Å². The summed E-state index contributed by atoms with van der Waals surface area (Å²) in [5.41, 5.74) is 1.38. The summed E-state index contributed by atoms with van der Waals surface area (Å²) in [4.78, 5) is 18.5. The first-order valence-electron chi connectivity index (χ1n) is 6.51. The first kappa shape index (κ1) is 13.9. The zero-order valence-electron chi connectivity index (χ0n) is 11.4. The van der Waals surface area contributed by atoms with Gasteiger partial charge >= 0.3 is 0 Å². The van der Waals surface area contributed by atoms with Gasteiger partial charge < -0.3 is 5.32 Å². The van der Waals surface area contributed by atoms with Crippen LogP contribution in [0.3, 0.4) is 0 Å². The van der Waals surface area contributed by atoms with Crippen LogP contribution in [0.5, 0.6) is 0 Å². The molecule has 1 aromatic heterocycles. The molecule has 0 spiro atoms. The second-order valence-corrected chi connectivity index (χ2v) is 4.66. The fraction of sp³-hybridized carbons (Fsp3) is 0.0667. The lowest BCUT2D eigenvalue weighted by molar-refractivity contribution is -0.384. The molecule has 110 valence electrons. The first-order valence-corrected chi connectivity index (χ1v) is 6.51. The van der Waals surface area contributed by atoms with Gasteiger partial charge in [0.05, 0.1) is 10.4 Å². The average Bonchev–Trinajstić information content (AvgIpc) is 2.53. The largest absolute Gasteiger partial charge is 0.365 e. The Labute approximate surface area is 124 Å². The number of hydrogen-bond donors (Lipinski definition) is 1. The van der Waals surface area contributed by atoms with E-state index in [0.29, 0.717) is 23.3 Å². The zero-order valence-corrected chi connectivity index (χ0v) is 11.4. The summed E-state index contributed by atoms with van der Waals surface area (Å²) in [7, 11) is 0. The molecule has 3 rings (SSSR count). The highest BCUT2D eigenvalue weighted by Crippen LogP contribution is 2.21. The Hall–Kier alpha value is -3.09. The molecular weight excluding hydrogens is 287 g/mol. The van der Waals surface area contributed by atoms with Crippen LogP contribution in [0.1, 0.15) is 5.56 Å². The molecule has 6 nitrogen and oxygen atoms in total. The topological polar surface area (TPSA) is 81.0 Å². The van der Waals surface area contributed by atoms with Crippen molar-refractivity contribution in [1.82, 2.24) is 9.97 Å². The lowest BCUT2D eigenvalue weighted by Gasteiger charge is -2.08. The van der Waals surface area contributed by atoms with Crippen LogP contribution < -0.4 is 5.32 Å². The van der Waals surface area contributed by atoms with Gasteiger partial charge in [0, 0.05) is 24.1 Å². The molecule has 0 aliphatic carbocycles. The van der Waals surface area contributed by atoms with E-state index in [2.05, 4.69) is 15.3 Å². The molecule has 22 heavy (non-hydrogen) atoms. The van der Waals surface area contributed by atoms with Crippen LogP contribution in [0, 0.1) is 15.9 Å². The summed E-state index contributed by atoms with van der Waals surface area (Å²) in [6.07, 6.45) is 1.38. The van der Waals surface area contributed by atoms with Gasteiger partial charge in [-0.2, -0.15) is 0 Å².